The molecule has 1 N–H and O–H groups in total. The summed E-state index contributed by atoms with van der Waals surface area (Å²) in [6.07, 6.45) is 3.15. The first-order valence-corrected chi connectivity index (χ1v) is 9.43. The second-order valence-corrected chi connectivity index (χ2v) is 8.41. The van der Waals surface area contributed by atoms with Crippen molar-refractivity contribution >= 4 is 15.7 Å². The molecule has 2 unspecified atom stereocenters. The highest BCUT2D eigenvalue weighted by Crippen LogP contribution is 2.31. The van der Waals surface area contributed by atoms with Crippen molar-refractivity contribution in [2.75, 3.05) is 0 Å². The van der Waals surface area contributed by atoms with Crippen molar-refractivity contribution in [3.8, 4) is 0 Å². The van der Waals surface area contributed by atoms with Gasteiger partial charge in [0.05, 0.1) is 4.90 Å². The molecule has 5 heteroatoms. The van der Waals surface area contributed by atoms with Crippen LogP contribution >= 0.6 is 0 Å². The molecular formula is C17H26N2O2S. The Balaban J connectivity index is 2.19. The Morgan fingerprint density at radius 2 is 1.82 bits per heavy atom. The van der Waals surface area contributed by atoms with Gasteiger partial charge in [0.25, 0.3) is 10.0 Å². The van der Waals surface area contributed by atoms with E-state index in [1.165, 1.54) is 6.42 Å². The molecule has 0 heterocycles. The van der Waals surface area contributed by atoms with E-state index in [4.69, 9.17) is 0 Å². The van der Waals surface area contributed by atoms with Crippen LogP contribution in [0.2, 0.25) is 0 Å². The average Bonchev–Trinajstić information content (AvgIpc) is 2.45. The molecule has 122 valence electrons. The van der Waals surface area contributed by atoms with Crippen molar-refractivity contribution in [3.63, 3.8) is 0 Å². The highest BCUT2D eigenvalue weighted by Gasteiger charge is 2.27. The first-order valence-electron chi connectivity index (χ1n) is 7.94. The Kier molecular flexibility index (Phi) is 5.27. The van der Waals surface area contributed by atoms with Crippen LogP contribution in [0.4, 0.5) is 0 Å². The van der Waals surface area contributed by atoms with E-state index in [0.717, 1.165) is 24.1 Å². The van der Waals surface area contributed by atoms with Crippen LogP contribution in [0.15, 0.2) is 34.3 Å². The largest absolute Gasteiger partial charge is 0.276 e. The van der Waals surface area contributed by atoms with Gasteiger partial charge in [-0.2, -0.15) is 13.5 Å². The second-order valence-electron chi connectivity index (χ2n) is 6.75. The molecule has 0 saturated heterocycles. The minimum atomic E-state index is -3.58. The Labute approximate surface area is 134 Å². The van der Waals surface area contributed by atoms with Gasteiger partial charge in [-0.15, -0.1) is 0 Å². The Morgan fingerprint density at radius 1 is 1.18 bits per heavy atom. The number of hydrazone groups is 1. The van der Waals surface area contributed by atoms with Crippen LogP contribution in [-0.2, 0) is 10.0 Å². The summed E-state index contributed by atoms with van der Waals surface area (Å²) in [5.41, 5.74) is 2.02. The third kappa shape index (κ3) is 4.09. The van der Waals surface area contributed by atoms with Crippen LogP contribution in [0.25, 0.3) is 0 Å². The Morgan fingerprint density at radius 3 is 2.41 bits per heavy atom. The van der Waals surface area contributed by atoms with Crippen LogP contribution in [0, 0.1) is 24.7 Å². The number of aryl methyl sites for hydroxylation is 1. The van der Waals surface area contributed by atoms with Crippen molar-refractivity contribution in [2.24, 2.45) is 22.9 Å². The van der Waals surface area contributed by atoms with E-state index in [1.54, 1.807) is 24.3 Å². The molecule has 0 aromatic heterocycles. The molecule has 22 heavy (non-hydrogen) atoms. The number of sulfonamides is 1. The summed E-state index contributed by atoms with van der Waals surface area (Å²) in [6, 6.07) is 6.81. The maximum Gasteiger partial charge on any atom is 0.276 e. The van der Waals surface area contributed by atoms with Gasteiger partial charge >= 0.3 is 0 Å². The molecule has 0 radical (unpaired) electrons. The number of benzene rings is 1. The zero-order chi connectivity index (χ0) is 16.3. The Bertz CT molecular complexity index is 633. The molecule has 0 aliphatic heterocycles. The highest BCUT2D eigenvalue weighted by atomic mass is 32.2. The van der Waals surface area contributed by atoms with Gasteiger partial charge in [0, 0.05) is 11.6 Å². The van der Waals surface area contributed by atoms with Gasteiger partial charge in [0.2, 0.25) is 0 Å². The minimum Gasteiger partial charge on any atom is -0.200 e. The lowest BCUT2D eigenvalue weighted by atomic mass is 9.76. The number of nitrogens with zero attached hydrogens (tertiary/aromatic N) is 1. The number of hydrogen-bond acceptors (Lipinski definition) is 3. The third-order valence-electron chi connectivity index (χ3n) is 4.40. The summed E-state index contributed by atoms with van der Waals surface area (Å²) in [5.74, 6) is 1.42. The van der Waals surface area contributed by atoms with E-state index in [2.05, 4.69) is 30.7 Å². The first-order chi connectivity index (χ1) is 10.3. The fourth-order valence-corrected chi connectivity index (χ4v) is 3.81. The van der Waals surface area contributed by atoms with Gasteiger partial charge < -0.3 is 0 Å². The lowest BCUT2D eigenvalue weighted by molar-refractivity contribution is 0.363. The zero-order valence-corrected chi connectivity index (χ0v) is 14.7. The van der Waals surface area contributed by atoms with Gasteiger partial charge in [-0.3, -0.25) is 0 Å². The number of hydrogen-bond donors (Lipinski definition) is 1. The minimum absolute atomic E-state index is 0.257. The number of nitrogens with one attached hydrogen (secondary N) is 1. The molecule has 0 amide bonds. The number of rotatable bonds is 4. The van der Waals surface area contributed by atoms with Crippen molar-refractivity contribution in [1.82, 2.24) is 4.83 Å². The van der Waals surface area contributed by atoms with Crippen molar-refractivity contribution in [2.45, 2.75) is 51.9 Å². The summed E-state index contributed by atoms with van der Waals surface area (Å²) in [7, 11) is -3.58. The van der Waals surface area contributed by atoms with Crippen LogP contribution in [0.5, 0.6) is 0 Å². The van der Waals surface area contributed by atoms with E-state index in [1.807, 2.05) is 6.92 Å². The topological polar surface area (TPSA) is 58.5 Å². The van der Waals surface area contributed by atoms with Gasteiger partial charge in [-0.05, 0) is 50.2 Å². The molecule has 1 aliphatic rings. The highest BCUT2D eigenvalue weighted by molar-refractivity contribution is 7.89. The molecular weight excluding hydrogens is 296 g/mol. The fourth-order valence-electron chi connectivity index (χ4n) is 2.98. The predicted octanol–water partition coefficient (Wildman–Crippen LogP) is 3.72. The van der Waals surface area contributed by atoms with Crippen molar-refractivity contribution < 1.29 is 8.42 Å². The van der Waals surface area contributed by atoms with Gasteiger partial charge in [-0.1, -0.05) is 38.5 Å². The zero-order valence-electron chi connectivity index (χ0n) is 13.8. The molecule has 1 aromatic rings. The fraction of sp³-hybridized carbons (Fsp3) is 0.588. The molecule has 2 rings (SSSR count). The summed E-state index contributed by atoms with van der Waals surface area (Å²) >= 11 is 0. The van der Waals surface area contributed by atoms with Gasteiger partial charge in [0.15, 0.2) is 0 Å². The van der Waals surface area contributed by atoms with E-state index < -0.39 is 10.0 Å². The molecule has 2 atom stereocenters. The van der Waals surface area contributed by atoms with Gasteiger partial charge in [0.1, 0.15) is 0 Å². The quantitative estimate of drug-likeness (QED) is 0.859. The summed E-state index contributed by atoms with van der Waals surface area (Å²) in [6.45, 7) is 8.47. The predicted molar refractivity (Wildman–Crippen MR) is 90.3 cm³/mol. The maximum atomic E-state index is 12.3. The Hall–Kier alpha value is -1.36. The molecule has 4 nitrogen and oxygen atoms in total. The molecule has 1 aromatic carbocycles. The van der Waals surface area contributed by atoms with E-state index in [-0.39, 0.29) is 4.90 Å². The summed E-state index contributed by atoms with van der Waals surface area (Å²) in [5, 5.41) is 4.29. The summed E-state index contributed by atoms with van der Waals surface area (Å²) < 4.78 is 24.7. The van der Waals surface area contributed by atoms with Crippen molar-refractivity contribution in [1.29, 1.82) is 0 Å². The van der Waals surface area contributed by atoms with Crippen LogP contribution in [0.3, 0.4) is 0 Å². The standard InChI is InChI=1S/C17H26N2O2S/c1-12(2)16-10-7-14(4)11-17(16)18-19-22(20,21)15-8-5-13(3)6-9-15/h5-6,8-9,12,14,16,19H,7,10-11H2,1-4H3. The smallest absolute Gasteiger partial charge is 0.200 e. The summed E-state index contributed by atoms with van der Waals surface area (Å²) in [4.78, 5) is 2.69. The lowest BCUT2D eigenvalue weighted by Gasteiger charge is -2.30. The first kappa shape index (κ1) is 17.0. The molecule has 0 bridgehead atoms. The maximum absolute atomic E-state index is 12.3. The van der Waals surface area contributed by atoms with Crippen LogP contribution < -0.4 is 4.83 Å². The van der Waals surface area contributed by atoms with Crippen molar-refractivity contribution in [3.05, 3.63) is 29.8 Å². The van der Waals surface area contributed by atoms with E-state index in [9.17, 15) is 8.42 Å². The molecule has 1 saturated carbocycles. The van der Waals surface area contributed by atoms with Crippen LogP contribution in [-0.4, -0.2) is 14.1 Å². The normalized spacial score (nSPS) is 24.7. The monoisotopic (exact) mass is 322 g/mol. The molecule has 1 aliphatic carbocycles. The lowest BCUT2D eigenvalue weighted by Crippen LogP contribution is -2.31. The third-order valence-corrected chi connectivity index (χ3v) is 5.63. The van der Waals surface area contributed by atoms with E-state index >= 15 is 0 Å². The van der Waals surface area contributed by atoms with E-state index in [0.29, 0.717) is 17.8 Å². The average molecular weight is 322 g/mol. The SMILES string of the molecule is Cc1ccc(S(=O)(=O)NN=C2CC(C)CCC2C(C)C)cc1. The molecule has 1 fully saturated rings. The van der Waals surface area contributed by atoms with Gasteiger partial charge in [-0.25, -0.2) is 4.83 Å². The van der Waals surface area contributed by atoms with Crippen LogP contribution in [0.1, 0.15) is 45.6 Å². The molecule has 0 spiro atoms. The second kappa shape index (κ2) is 6.82.